The van der Waals surface area contributed by atoms with Crippen molar-refractivity contribution in [1.29, 1.82) is 0 Å². The molecule has 2 N–H and O–H groups in total. The van der Waals surface area contributed by atoms with Crippen LogP contribution >= 0.6 is 0 Å². The van der Waals surface area contributed by atoms with E-state index in [1.54, 1.807) is 13.2 Å². The van der Waals surface area contributed by atoms with Gasteiger partial charge in [0.05, 0.1) is 6.54 Å². The van der Waals surface area contributed by atoms with Crippen LogP contribution in [0.3, 0.4) is 0 Å². The molecule has 0 aliphatic carbocycles. The van der Waals surface area contributed by atoms with Crippen LogP contribution in [0.2, 0.25) is 0 Å². The number of aliphatic imine (C=N–C) groups is 1. The summed E-state index contributed by atoms with van der Waals surface area (Å²) in [6.45, 7) is 4.62. The van der Waals surface area contributed by atoms with Crippen LogP contribution in [0.5, 0.6) is 0 Å². The van der Waals surface area contributed by atoms with Gasteiger partial charge in [0, 0.05) is 32.5 Å². The summed E-state index contributed by atoms with van der Waals surface area (Å²) in [5.41, 5.74) is 2.48. The minimum Gasteiger partial charge on any atom is -0.356 e. The van der Waals surface area contributed by atoms with Crippen molar-refractivity contribution in [3.8, 4) is 0 Å². The van der Waals surface area contributed by atoms with Crippen molar-refractivity contribution in [2.75, 3.05) is 13.6 Å². The Morgan fingerprint density at radius 2 is 2.10 bits per heavy atom. The van der Waals surface area contributed by atoms with Crippen LogP contribution in [0.15, 0.2) is 47.7 Å². The second-order valence-corrected chi connectivity index (χ2v) is 4.88. The van der Waals surface area contributed by atoms with E-state index in [-0.39, 0.29) is 0 Å². The molecule has 0 amide bonds. The van der Waals surface area contributed by atoms with Crippen molar-refractivity contribution >= 4 is 5.96 Å². The molecule has 5 heteroatoms. The number of aromatic nitrogens is 2. The number of nitrogens with one attached hydrogen (secondary N) is 2. The maximum Gasteiger partial charge on any atom is 0.191 e. The van der Waals surface area contributed by atoms with Crippen molar-refractivity contribution in [3.63, 3.8) is 0 Å². The van der Waals surface area contributed by atoms with Gasteiger partial charge in [0.1, 0.15) is 0 Å². The van der Waals surface area contributed by atoms with Gasteiger partial charge in [-0.1, -0.05) is 31.2 Å². The third-order valence-electron chi connectivity index (χ3n) is 3.12. The zero-order valence-corrected chi connectivity index (χ0v) is 12.7. The Kier molecular flexibility index (Phi) is 5.82. The summed E-state index contributed by atoms with van der Waals surface area (Å²) in [6.07, 6.45) is 4.86. The summed E-state index contributed by atoms with van der Waals surface area (Å²) in [4.78, 5) is 4.20. The number of benzene rings is 1. The van der Waals surface area contributed by atoms with Crippen LogP contribution in [0.1, 0.15) is 24.5 Å². The van der Waals surface area contributed by atoms with Gasteiger partial charge >= 0.3 is 0 Å². The summed E-state index contributed by atoms with van der Waals surface area (Å²) in [6, 6.07) is 10.5. The maximum absolute atomic E-state index is 4.23. The fourth-order valence-corrected chi connectivity index (χ4v) is 2.07. The number of rotatable bonds is 6. The maximum atomic E-state index is 4.23. The molecule has 1 aromatic heterocycles. The van der Waals surface area contributed by atoms with E-state index in [4.69, 9.17) is 0 Å². The molecule has 0 aliphatic rings. The van der Waals surface area contributed by atoms with Gasteiger partial charge in [-0.3, -0.25) is 9.67 Å². The number of hydrogen-bond acceptors (Lipinski definition) is 2. The Morgan fingerprint density at radius 3 is 2.81 bits per heavy atom. The van der Waals surface area contributed by atoms with Crippen LogP contribution in [0.25, 0.3) is 0 Å². The molecular formula is C16H23N5. The number of hydrogen-bond donors (Lipinski definition) is 2. The summed E-state index contributed by atoms with van der Waals surface area (Å²) in [5, 5.41) is 10.8. The van der Waals surface area contributed by atoms with Gasteiger partial charge in [0.25, 0.3) is 0 Å². The largest absolute Gasteiger partial charge is 0.356 e. The van der Waals surface area contributed by atoms with E-state index in [9.17, 15) is 0 Å². The predicted octanol–water partition coefficient (Wildman–Crippen LogP) is 2.01. The van der Waals surface area contributed by atoms with E-state index in [0.29, 0.717) is 0 Å². The lowest BCUT2D eigenvalue weighted by atomic mass is 10.1. The summed E-state index contributed by atoms with van der Waals surface area (Å²) < 4.78 is 1.92. The van der Waals surface area contributed by atoms with Crippen LogP contribution < -0.4 is 10.6 Å². The standard InChI is InChI=1S/C16H23N5/c1-3-8-18-16(17-2)19-12-14-6-4-7-15(11-14)13-21-10-5-9-20-21/h4-7,9-11H,3,8,12-13H2,1-2H3,(H2,17,18,19). The Balaban J connectivity index is 1.91. The van der Waals surface area contributed by atoms with E-state index in [1.807, 2.05) is 16.9 Å². The molecule has 0 spiro atoms. The first-order chi connectivity index (χ1) is 10.3. The molecule has 0 unspecified atom stereocenters. The molecule has 1 aromatic carbocycles. The van der Waals surface area contributed by atoms with Gasteiger partial charge in [0.15, 0.2) is 5.96 Å². The van der Waals surface area contributed by atoms with Crippen LogP contribution in [-0.2, 0) is 13.1 Å². The zero-order valence-electron chi connectivity index (χ0n) is 12.7. The molecule has 0 radical (unpaired) electrons. The molecule has 0 aliphatic heterocycles. The van der Waals surface area contributed by atoms with Gasteiger partial charge in [0.2, 0.25) is 0 Å². The fourth-order valence-electron chi connectivity index (χ4n) is 2.07. The van der Waals surface area contributed by atoms with E-state index in [0.717, 1.165) is 32.0 Å². The molecule has 0 fully saturated rings. The highest BCUT2D eigenvalue weighted by Crippen LogP contribution is 2.06. The first-order valence-corrected chi connectivity index (χ1v) is 7.31. The van der Waals surface area contributed by atoms with Crippen molar-refractivity contribution < 1.29 is 0 Å². The van der Waals surface area contributed by atoms with Crippen molar-refractivity contribution in [3.05, 3.63) is 53.9 Å². The topological polar surface area (TPSA) is 54.2 Å². The quantitative estimate of drug-likeness (QED) is 0.630. The lowest BCUT2D eigenvalue weighted by Crippen LogP contribution is -2.37. The normalized spacial score (nSPS) is 11.4. The zero-order chi connectivity index (χ0) is 14.9. The summed E-state index contributed by atoms with van der Waals surface area (Å²) in [7, 11) is 1.79. The van der Waals surface area contributed by atoms with Crippen LogP contribution in [0.4, 0.5) is 0 Å². The SMILES string of the molecule is CCCNC(=NC)NCc1cccc(Cn2cccn2)c1. The average molecular weight is 285 g/mol. The molecule has 0 saturated heterocycles. The van der Waals surface area contributed by atoms with Gasteiger partial charge in [-0.05, 0) is 23.6 Å². The molecule has 1 heterocycles. The fraction of sp³-hybridized carbons (Fsp3) is 0.375. The molecule has 2 aromatic rings. The third kappa shape index (κ3) is 4.95. The molecule has 0 saturated carbocycles. The van der Waals surface area contributed by atoms with Gasteiger partial charge in [-0.25, -0.2) is 0 Å². The Labute approximate surface area is 126 Å². The van der Waals surface area contributed by atoms with Gasteiger partial charge in [-0.15, -0.1) is 0 Å². The smallest absolute Gasteiger partial charge is 0.191 e. The van der Waals surface area contributed by atoms with E-state index in [1.165, 1.54) is 11.1 Å². The molecule has 112 valence electrons. The van der Waals surface area contributed by atoms with E-state index < -0.39 is 0 Å². The van der Waals surface area contributed by atoms with Crippen molar-refractivity contribution in [2.24, 2.45) is 4.99 Å². The van der Waals surface area contributed by atoms with Crippen LogP contribution in [0, 0.1) is 0 Å². The molecule has 21 heavy (non-hydrogen) atoms. The highest BCUT2D eigenvalue weighted by molar-refractivity contribution is 5.79. The second-order valence-electron chi connectivity index (χ2n) is 4.88. The van der Waals surface area contributed by atoms with Crippen molar-refractivity contribution in [1.82, 2.24) is 20.4 Å². The van der Waals surface area contributed by atoms with Gasteiger partial charge < -0.3 is 10.6 Å². The lowest BCUT2D eigenvalue weighted by Gasteiger charge is -2.12. The highest BCUT2D eigenvalue weighted by atomic mass is 15.3. The number of guanidine groups is 1. The summed E-state index contributed by atoms with van der Waals surface area (Å²) in [5.74, 6) is 0.842. The second kappa shape index (κ2) is 8.09. The predicted molar refractivity (Wildman–Crippen MR) is 86.3 cm³/mol. The molecule has 2 rings (SSSR count). The Morgan fingerprint density at radius 1 is 1.24 bits per heavy atom. The molecular weight excluding hydrogens is 262 g/mol. The number of nitrogens with zero attached hydrogens (tertiary/aromatic N) is 3. The first kappa shape index (κ1) is 15.1. The third-order valence-corrected chi connectivity index (χ3v) is 3.12. The first-order valence-electron chi connectivity index (χ1n) is 7.31. The highest BCUT2D eigenvalue weighted by Gasteiger charge is 2.00. The van der Waals surface area contributed by atoms with Gasteiger partial charge in [-0.2, -0.15) is 5.10 Å². The Hall–Kier alpha value is -2.30. The van der Waals surface area contributed by atoms with Crippen LogP contribution in [-0.4, -0.2) is 29.3 Å². The van der Waals surface area contributed by atoms with Crippen molar-refractivity contribution in [2.45, 2.75) is 26.4 Å². The van der Waals surface area contributed by atoms with E-state index >= 15 is 0 Å². The molecule has 5 nitrogen and oxygen atoms in total. The molecule has 0 atom stereocenters. The minimum atomic E-state index is 0.760. The minimum absolute atomic E-state index is 0.760. The monoisotopic (exact) mass is 285 g/mol. The Bertz CT molecular complexity index is 560. The summed E-state index contributed by atoms with van der Waals surface area (Å²) >= 11 is 0. The average Bonchev–Trinajstić information content (AvgIpc) is 3.01. The van der Waals surface area contributed by atoms with E-state index in [2.05, 4.69) is 51.9 Å². The lowest BCUT2D eigenvalue weighted by molar-refractivity contribution is 0.685. The molecule has 0 bridgehead atoms.